The van der Waals surface area contributed by atoms with E-state index in [0.717, 1.165) is 32.5 Å². The second-order valence-electron chi connectivity index (χ2n) is 8.66. The van der Waals surface area contributed by atoms with Crippen molar-refractivity contribution in [3.63, 3.8) is 0 Å². The van der Waals surface area contributed by atoms with E-state index in [4.69, 9.17) is 0 Å². The molecule has 1 saturated carbocycles. The SMILES string of the molecule is O=C(C1CCC2(CCC2)CN1)N1CCC(c2cccc3ccccc23)C1. The van der Waals surface area contributed by atoms with Crippen molar-refractivity contribution in [2.24, 2.45) is 5.41 Å². The number of piperidine rings is 1. The van der Waals surface area contributed by atoms with E-state index in [0.29, 0.717) is 17.2 Å². The number of amides is 1. The van der Waals surface area contributed by atoms with Gasteiger partial charge < -0.3 is 10.2 Å². The molecule has 1 aliphatic carbocycles. The minimum atomic E-state index is 0.0486. The Balaban J connectivity index is 1.27. The van der Waals surface area contributed by atoms with Crippen molar-refractivity contribution in [3.8, 4) is 0 Å². The molecule has 2 saturated heterocycles. The Labute approximate surface area is 155 Å². The largest absolute Gasteiger partial charge is 0.341 e. The van der Waals surface area contributed by atoms with E-state index in [9.17, 15) is 4.79 Å². The molecule has 3 heteroatoms. The first-order valence-corrected chi connectivity index (χ1v) is 10.2. The number of nitrogens with zero attached hydrogens (tertiary/aromatic N) is 1. The first-order chi connectivity index (χ1) is 12.7. The Kier molecular flexibility index (Phi) is 4.00. The molecule has 1 N–H and O–H groups in total. The van der Waals surface area contributed by atoms with Crippen LogP contribution in [0.15, 0.2) is 42.5 Å². The van der Waals surface area contributed by atoms with E-state index in [1.54, 1.807) is 0 Å². The third-order valence-corrected chi connectivity index (χ3v) is 7.16. The summed E-state index contributed by atoms with van der Waals surface area (Å²) in [4.78, 5) is 15.1. The lowest BCUT2D eigenvalue weighted by Crippen LogP contribution is -2.54. The molecule has 3 aliphatic rings. The lowest BCUT2D eigenvalue weighted by Gasteiger charge is -2.47. The van der Waals surface area contributed by atoms with Crippen molar-refractivity contribution in [1.82, 2.24) is 10.2 Å². The van der Waals surface area contributed by atoms with E-state index in [1.807, 2.05) is 0 Å². The van der Waals surface area contributed by atoms with Gasteiger partial charge in [0.05, 0.1) is 6.04 Å². The molecular formula is C23H28N2O. The van der Waals surface area contributed by atoms with Gasteiger partial charge in [-0.25, -0.2) is 0 Å². The highest BCUT2D eigenvalue weighted by atomic mass is 16.2. The van der Waals surface area contributed by atoms with Gasteiger partial charge in [0.25, 0.3) is 0 Å². The standard InChI is InChI=1S/C23H28N2O/c26-22(21-9-13-23(16-24-21)11-4-12-23)25-14-10-18(15-25)20-8-3-6-17-5-1-2-7-19(17)20/h1-3,5-8,18,21,24H,4,9-16H2. The lowest BCUT2D eigenvalue weighted by atomic mass is 9.64. The number of benzene rings is 2. The van der Waals surface area contributed by atoms with E-state index < -0.39 is 0 Å². The number of rotatable bonds is 2. The molecule has 2 aromatic rings. The molecular weight excluding hydrogens is 320 g/mol. The number of hydrogen-bond acceptors (Lipinski definition) is 2. The van der Waals surface area contributed by atoms with Gasteiger partial charge in [-0.3, -0.25) is 4.79 Å². The Morgan fingerprint density at radius 1 is 1.04 bits per heavy atom. The van der Waals surface area contributed by atoms with Crippen LogP contribution in [0.5, 0.6) is 0 Å². The highest BCUT2D eigenvalue weighted by Crippen LogP contribution is 2.46. The molecule has 2 atom stereocenters. The molecule has 1 amide bonds. The molecule has 5 rings (SSSR count). The van der Waals surface area contributed by atoms with E-state index in [2.05, 4.69) is 52.7 Å². The van der Waals surface area contributed by atoms with Crippen LogP contribution in [0.1, 0.15) is 50.0 Å². The van der Waals surface area contributed by atoms with E-state index in [1.165, 1.54) is 42.0 Å². The highest BCUT2D eigenvalue weighted by Gasteiger charge is 2.42. The summed E-state index contributed by atoms with van der Waals surface area (Å²) >= 11 is 0. The molecule has 0 bridgehead atoms. The maximum Gasteiger partial charge on any atom is 0.239 e. The number of carbonyl (C=O) groups excluding carboxylic acids is 1. The second kappa shape index (κ2) is 6.38. The number of hydrogen-bond donors (Lipinski definition) is 1. The molecule has 3 fully saturated rings. The Morgan fingerprint density at radius 3 is 2.65 bits per heavy atom. The summed E-state index contributed by atoms with van der Waals surface area (Å²) in [6.07, 6.45) is 7.42. The van der Waals surface area contributed by atoms with Gasteiger partial charge in [0.15, 0.2) is 0 Å². The zero-order valence-corrected chi connectivity index (χ0v) is 15.4. The van der Waals surface area contributed by atoms with Gasteiger partial charge in [-0.15, -0.1) is 0 Å². The van der Waals surface area contributed by atoms with Crippen LogP contribution in [0.25, 0.3) is 10.8 Å². The van der Waals surface area contributed by atoms with Gasteiger partial charge in [-0.05, 0) is 53.9 Å². The van der Waals surface area contributed by atoms with Crippen molar-refractivity contribution < 1.29 is 4.79 Å². The first kappa shape index (κ1) is 16.3. The van der Waals surface area contributed by atoms with Crippen molar-refractivity contribution in [2.75, 3.05) is 19.6 Å². The van der Waals surface area contributed by atoms with Crippen molar-refractivity contribution in [2.45, 2.75) is 50.5 Å². The van der Waals surface area contributed by atoms with Crippen LogP contribution >= 0.6 is 0 Å². The summed E-state index contributed by atoms with van der Waals surface area (Å²) < 4.78 is 0. The molecule has 136 valence electrons. The molecule has 2 aromatic carbocycles. The third-order valence-electron chi connectivity index (χ3n) is 7.16. The minimum Gasteiger partial charge on any atom is -0.341 e. The average Bonchev–Trinajstić information content (AvgIpc) is 3.16. The number of fused-ring (bicyclic) bond motifs is 1. The van der Waals surface area contributed by atoms with E-state index >= 15 is 0 Å². The lowest BCUT2D eigenvalue weighted by molar-refractivity contribution is -0.134. The van der Waals surface area contributed by atoms with Crippen LogP contribution in [0, 0.1) is 5.41 Å². The second-order valence-corrected chi connectivity index (χ2v) is 8.66. The normalized spacial score (nSPS) is 27.6. The van der Waals surface area contributed by atoms with Crippen LogP contribution in [0.4, 0.5) is 0 Å². The fourth-order valence-electron chi connectivity index (χ4n) is 5.34. The fourth-order valence-corrected chi connectivity index (χ4v) is 5.34. The predicted octanol–water partition coefficient (Wildman–Crippen LogP) is 4.08. The van der Waals surface area contributed by atoms with Crippen LogP contribution in [-0.4, -0.2) is 36.5 Å². The van der Waals surface area contributed by atoms with Gasteiger partial charge >= 0.3 is 0 Å². The summed E-state index contributed by atoms with van der Waals surface area (Å²) in [5, 5.41) is 6.23. The van der Waals surface area contributed by atoms with Crippen molar-refractivity contribution >= 4 is 16.7 Å². The van der Waals surface area contributed by atoms with Gasteiger partial charge in [0, 0.05) is 25.6 Å². The zero-order chi connectivity index (χ0) is 17.6. The van der Waals surface area contributed by atoms with Crippen molar-refractivity contribution in [1.29, 1.82) is 0 Å². The molecule has 0 radical (unpaired) electrons. The topological polar surface area (TPSA) is 32.3 Å². The average molecular weight is 348 g/mol. The molecule has 2 aliphatic heterocycles. The van der Waals surface area contributed by atoms with Crippen LogP contribution < -0.4 is 5.32 Å². The molecule has 3 nitrogen and oxygen atoms in total. The Morgan fingerprint density at radius 2 is 1.88 bits per heavy atom. The Hall–Kier alpha value is -1.87. The van der Waals surface area contributed by atoms with Crippen LogP contribution in [0.2, 0.25) is 0 Å². The number of carbonyl (C=O) groups is 1. The fraction of sp³-hybridized carbons (Fsp3) is 0.522. The van der Waals surface area contributed by atoms with Crippen LogP contribution in [0.3, 0.4) is 0 Å². The Bertz CT molecular complexity index is 811. The summed E-state index contributed by atoms with van der Waals surface area (Å²) in [6.45, 7) is 2.82. The summed E-state index contributed by atoms with van der Waals surface area (Å²) in [5.74, 6) is 0.800. The number of likely N-dealkylation sites (tertiary alicyclic amines) is 1. The summed E-state index contributed by atoms with van der Waals surface area (Å²) in [6, 6.07) is 15.2. The summed E-state index contributed by atoms with van der Waals surface area (Å²) in [7, 11) is 0. The van der Waals surface area contributed by atoms with Crippen molar-refractivity contribution in [3.05, 3.63) is 48.0 Å². The molecule has 2 unspecified atom stereocenters. The van der Waals surface area contributed by atoms with Gasteiger partial charge in [0.2, 0.25) is 5.91 Å². The maximum atomic E-state index is 13.0. The molecule has 0 aromatic heterocycles. The monoisotopic (exact) mass is 348 g/mol. The molecule has 26 heavy (non-hydrogen) atoms. The quantitative estimate of drug-likeness (QED) is 0.887. The summed E-state index contributed by atoms with van der Waals surface area (Å²) in [5.41, 5.74) is 1.94. The molecule has 2 heterocycles. The first-order valence-electron chi connectivity index (χ1n) is 10.2. The van der Waals surface area contributed by atoms with E-state index in [-0.39, 0.29) is 6.04 Å². The zero-order valence-electron chi connectivity index (χ0n) is 15.4. The van der Waals surface area contributed by atoms with Gasteiger partial charge in [0.1, 0.15) is 0 Å². The minimum absolute atomic E-state index is 0.0486. The number of nitrogens with one attached hydrogen (secondary N) is 1. The highest BCUT2D eigenvalue weighted by molar-refractivity contribution is 5.87. The van der Waals surface area contributed by atoms with Gasteiger partial charge in [-0.1, -0.05) is 48.9 Å². The van der Waals surface area contributed by atoms with Gasteiger partial charge in [-0.2, -0.15) is 0 Å². The predicted molar refractivity (Wildman–Crippen MR) is 105 cm³/mol. The maximum absolute atomic E-state index is 13.0. The third kappa shape index (κ3) is 2.73. The van der Waals surface area contributed by atoms with Crippen LogP contribution in [-0.2, 0) is 4.79 Å². The molecule has 1 spiro atoms. The smallest absolute Gasteiger partial charge is 0.239 e.